The van der Waals surface area contributed by atoms with Crippen molar-refractivity contribution in [3.63, 3.8) is 0 Å². The van der Waals surface area contributed by atoms with E-state index in [0.717, 1.165) is 12.2 Å². The molecule has 0 aromatic carbocycles. The van der Waals surface area contributed by atoms with E-state index < -0.39 is 0 Å². The van der Waals surface area contributed by atoms with Gasteiger partial charge in [0.15, 0.2) is 0 Å². The summed E-state index contributed by atoms with van der Waals surface area (Å²) in [6.45, 7) is 2.20. The Hall–Kier alpha value is 0.0700. The van der Waals surface area contributed by atoms with Gasteiger partial charge in [0.1, 0.15) is 0 Å². The van der Waals surface area contributed by atoms with Crippen molar-refractivity contribution < 1.29 is 0 Å². The summed E-state index contributed by atoms with van der Waals surface area (Å²) < 4.78 is 1.40. The fourth-order valence-electron chi connectivity index (χ4n) is 1.17. The van der Waals surface area contributed by atoms with E-state index in [1.807, 2.05) is 23.1 Å². The van der Waals surface area contributed by atoms with Crippen LogP contribution in [0.1, 0.15) is 11.8 Å². The van der Waals surface area contributed by atoms with E-state index in [1.165, 1.54) is 19.8 Å². The summed E-state index contributed by atoms with van der Waals surface area (Å²) in [4.78, 5) is 6.05. The lowest BCUT2D eigenvalue weighted by atomic mass is 10.3. The number of aryl methyl sites for hydroxylation is 1. The van der Waals surface area contributed by atoms with Gasteiger partial charge in [0, 0.05) is 10.6 Å². The summed E-state index contributed by atoms with van der Waals surface area (Å²) in [6, 6.07) is 2.22. The maximum absolute atomic E-state index is 4.60. The van der Waals surface area contributed by atoms with Gasteiger partial charge in [-0.3, -0.25) is 0 Å². The zero-order chi connectivity index (χ0) is 9.26. The highest BCUT2D eigenvalue weighted by atomic mass is 32.2. The highest BCUT2D eigenvalue weighted by molar-refractivity contribution is 8.16. The van der Waals surface area contributed by atoms with Crippen molar-refractivity contribution in [2.24, 2.45) is 4.99 Å². The monoisotopic (exact) mass is 229 g/mol. The maximum atomic E-state index is 4.60. The van der Waals surface area contributed by atoms with Crippen molar-refractivity contribution in [3.05, 3.63) is 10.9 Å². The molecule has 0 atom stereocenters. The van der Waals surface area contributed by atoms with E-state index in [9.17, 15) is 0 Å². The van der Waals surface area contributed by atoms with Gasteiger partial charge < -0.3 is 0 Å². The largest absolute Gasteiger partial charge is 0.244 e. The van der Waals surface area contributed by atoms with Gasteiger partial charge in [-0.2, -0.15) is 0 Å². The number of nitrogens with zero attached hydrogens (tertiary/aromatic N) is 1. The molecule has 0 amide bonds. The molecule has 4 heteroatoms. The number of aliphatic imine (C=N–C) groups is 1. The van der Waals surface area contributed by atoms with E-state index in [1.54, 1.807) is 11.8 Å². The normalized spacial score (nSPS) is 15.4. The third-order valence-corrected chi connectivity index (χ3v) is 5.33. The number of thiophene rings is 1. The van der Waals surface area contributed by atoms with Crippen LogP contribution < -0.4 is 0 Å². The summed E-state index contributed by atoms with van der Waals surface area (Å²) in [5.74, 6) is 1.05. The molecule has 2 rings (SSSR count). The summed E-state index contributed by atoms with van der Waals surface area (Å²) in [7, 11) is 0. The topological polar surface area (TPSA) is 12.4 Å². The first kappa shape index (κ1) is 9.62. The molecular weight excluding hydrogens is 218 g/mol. The Labute approximate surface area is 91.0 Å². The Morgan fingerprint density at radius 2 is 2.46 bits per heavy atom. The third-order valence-electron chi connectivity index (χ3n) is 1.89. The van der Waals surface area contributed by atoms with Crippen LogP contribution in [0.15, 0.2) is 15.3 Å². The van der Waals surface area contributed by atoms with E-state index >= 15 is 0 Å². The third kappa shape index (κ3) is 1.95. The van der Waals surface area contributed by atoms with Crippen LogP contribution in [-0.4, -0.2) is 17.1 Å². The molecule has 1 aromatic heterocycles. The molecule has 1 aliphatic rings. The lowest BCUT2D eigenvalue weighted by Gasteiger charge is -2.08. The van der Waals surface area contributed by atoms with E-state index in [2.05, 4.69) is 24.2 Å². The predicted molar refractivity (Wildman–Crippen MR) is 65.0 cm³/mol. The first-order valence-electron chi connectivity index (χ1n) is 4.20. The Morgan fingerprint density at radius 3 is 3.15 bits per heavy atom. The molecule has 0 saturated carbocycles. The highest BCUT2D eigenvalue weighted by Crippen LogP contribution is 2.42. The second-order valence-corrected chi connectivity index (χ2v) is 6.00. The number of hydrogen-bond donors (Lipinski definition) is 0. The molecule has 1 aromatic rings. The molecule has 2 heterocycles. The molecular formula is C9H11NS3. The minimum Gasteiger partial charge on any atom is -0.244 e. The molecule has 0 aliphatic carbocycles. The van der Waals surface area contributed by atoms with Crippen LogP contribution in [0.25, 0.3) is 0 Å². The van der Waals surface area contributed by atoms with E-state index in [4.69, 9.17) is 0 Å². The smallest absolute Gasteiger partial charge is 0.0887 e. The van der Waals surface area contributed by atoms with Gasteiger partial charge in [-0.25, -0.2) is 4.99 Å². The van der Waals surface area contributed by atoms with Crippen molar-refractivity contribution in [3.8, 4) is 0 Å². The molecule has 0 bridgehead atoms. The molecule has 0 N–H and O–H groups in total. The van der Waals surface area contributed by atoms with E-state index in [0.29, 0.717) is 0 Å². The summed E-state index contributed by atoms with van der Waals surface area (Å²) in [6.07, 6.45) is 3.22. The minimum absolute atomic E-state index is 1.05. The highest BCUT2D eigenvalue weighted by Gasteiger charge is 2.14. The quantitative estimate of drug-likeness (QED) is 0.726. The molecule has 0 unspecified atom stereocenters. The van der Waals surface area contributed by atoms with Crippen molar-refractivity contribution in [1.29, 1.82) is 0 Å². The number of fused-ring (bicyclic) bond motifs is 1. The number of rotatable bonds is 1. The van der Waals surface area contributed by atoms with Gasteiger partial charge in [-0.05, 0) is 18.7 Å². The van der Waals surface area contributed by atoms with Gasteiger partial charge in [-0.1, -0.05) is 6.92 Å². The average Bonchev–Trinajstić information content (AvgIpc) is 2.58. The Balaban J connectivity index is 2.34. The average molecular weight is 229 g/mol. The van der Waals surface area contributed by atoms with Crippen molar-refractivity contribution in [2.45, 2.75) is 17.6 Å². The fraction of sp³-hybridized carbons (Fsp3) is 0.444. The van der Waals surface area contributed by atoms with Gasteiger partial charge in [0.05, 0.1) is 14.9 Å². The SMILES string of the molecule is CCc1cc2c(s1)SCC(SC)=N2. The Kier molecular flexibility index (Phi) is 3.01. The zero-order valence-electron chi connectivity index (χ0n) is 7.66. The Bertz CT molecular complexity index is 341. The van der Waals surface area contributed by atoms with Gasteiger partial charge in [0.25, 0.3) is 0 Å². The summed E-state index contributed by atoms with van der Waals surface area (Å²) in [5.41, 5.74) is 1.20. The van der Waals surface area contributed by atoms with E-state index in [-0.39, 0.29) is 0 Å². The molecule has 0 saturated heterocycles. The molecule has 1 aliphatic heterocycles. The summed E-state index contributed by atoms with van der Waals surface area (Å²) >= 11 is 5.58. The van der Waals surface area contributed by atoms with Gasteiger partial charge in [0.2, 0.25) is 0 Å². The lowest BCUT2D eigenvalue weighted by Crippen LogP contribution is -1.97. The van der Waals surface area contributed by atoms with Crippen LogP contribution in [-0.2, 0) is 6.42 Å². The number of thioether (sulfide) groups is 2. The molecule has 70 valence electrons. The van der Waals surface area contributed by atoms with Crippen LogP contribution in [0, 0.1) is 0 Å². The Morgan fingerprint density at radius 1 is 1.62 bits per heavy atom. The second kappa shape index (κ2) is 4.07. The fourth-order valence-corrected chi connectivity index (χ4v) is 4.07. The van der Waals surface area contributed by atoms with Crippen molar-refractivity contribution in [2.75, 3.05) is 12.0 Å². The van der Waals surface area contributed by atoms with Gasteiger partial charge >= 0.3 is 0 Å². The van der Waals surface area contributed by atoms with Gasteiger partial charge in [-0.15, -0.1) is 34.9 Å². The molecule has 0 radical (unpaired) electrons. The second-order valence-electron chi connectivity index (χ2n) is 2.74. The number of hydrogen-bond acceptors (Lipinski definition) is 4. The maximum Gasteiger partial charge on any atom is 0.0887 e. The molecule has 13 heavy (non-hydrogen) atoms. The summed E-state index contributed by atoms with van der Waals surface area (Å²) in [5, 5.41) is 1.25. The van der Waals surface area contributed by atoms with Crippen LogP contribution in [0.2, 0.25) is 0 Å². The standard InChI is InChI=1S/C9H11NS3/c1-3-6-4-7-9(13-6)12-5-8(10-7)11-2/h4H,3,5H2,1-2H3. The molecule has 1 nitrogen and oxygen atoms in total. The lowest BCUT2D eigenvalue weighted by molar-refractivity contribution is 1.19. The van der Waals surface area contributed by atoms with Crippen molar-refractivity contribution >= 4 is 45.6 Å². The van der Waals surface area contributed by atoms with Crippen LogP contribution >= 0.6 is 34.9 Å². The zero-order valence-corrected chi connectivity index (χ0v) is 10.1. The predicted octanol–water partition coefficient (Wildman–Crippen LogP) is 3.81. The molecule has 0 spiro atoms. The first-order chi connectivity index (χ1) is 6.33. The first-order valence-corrected chi connectivity index (χ1v) is 7.23. The van der Waals surface area contributed by atoms with Crippen LogP contribution in [0.3, 0.4) is 0 Å². The van der Waals surface area contributed by atoms with Crippen LogP contribution in [0.5, 0.6) is 0 Å². The van der Waals surface area contributed by atoms with Crippen molar-refractivity contribution in [1.82, 2.24) is 0 Å². The minimum atomic E-state index is 1.05. The van der Waals surface area contributed by atoms with Crippen LogP contribution in [0.4, 0.5) is 5.69 Å². The molecule has 0 fully saturated rings.